The van der Waals surface area contributed by atoms with Crippen molar-refractivity contribution in [2.75, 3.05) is 13.2 Å². The molecule has 58 heavy (non-hydrogen) atoms. The van der Waals surface area contributed by atoms with Crippen LogP contribution in [-0.2, 0) is 14.3 Å². The van der Waals surface area contributed by atoms with Gasteiger partial charge >= 0.3 is 5.97 Å². The summed E-state index contributed by atoms with van der Waals surface area (Å²) in [5.74, 6) is -0.0604. The Labute approximate surface area is 361 Å². The predicted octanol–water partition coefficient (Wildman–Crippen LogP) is 15.1. The highest BCUT2D eigenvalue weighted by Crippen LogP contribution is 2.16. The Bertz CT molecular complexity index is 904. The summed E-state index contributed by atoms with van der Waals surface area (Å²) in [5, 5.41) is 23.1. The molecule has 0 aromatic carbocycles. The van der Waals surface area contributed by atoms with Crippen LogP contribution >= 0.6 is 0 Å². The first-order valence-corrected chi connectivity index (χ1v) is 25.6. The number of aliphatic hydroxyl groups excluding tert-OH is 2. The zero-order valence-corrected chi connectivity index (χ0v) is 38.8. The van der Waals surface area contributed by atoms with Gasteiger partial charge in [0.1, 0.15) is 0 Å². The monoisotopic (exact) mass is 818 g/mol. The number of hydrogen-bond donors (Lipinski definition) is 3. The van der Waals surface area contributed by atoms with E-state index < -0.39 is 12.1 Å². The van der Waals surface area contributed by atoms with Crippen molar-refractivity contribution in [3.8, 4) is 0 Å². The van der Waals surface area contributed by atoms with E-state index in [4.69, 9.17) is 4.74 Å². The van der Waals surface area contributed by atoms with E-state index in [1.54, 1.807) is 0 Å². The third-order valence-corrected chi connectivity index (χ3v) is 11.7. The van der Waals surface area contributed by atoms with Crippen molar-refractivity contribution in [3.63, 3.8) is 0 Å². The molecule has 6 nitrogen and oxygen atoms in total. The normalized spacial score (nSPS) is 12.8. The van der Waals surface area contributed by atoms with E-state index in [9.17, 15) is 19.8 Å². The lowest BCUT2D eigenvalue weighted by molar-refractivity contribution is -0.143. The molecule has 0 fully saturated rings. The summed E-state index contributed by atoms with van der Waals surface area (Å²) >= 11 is 0. The second-order valence-electron chi connectivity index (χ2n) is 17.5. The maximum absolute atomic E-state index is 12.4. The Morgan fingerprint density at radius 2 is 0.810 bits per heavy atom. The summed E-state index contributed by atoms with van der Waals surface area (Å²) in [4.78, 5) is 24.4. The molecule has 2 unspecified atom stereocenters. The molecule has 3 N–H and O–H groups in total. The minimum Gasteiger partial charge on any atom is -0.466 e. The van der Waals surface area contributed by atoms with E-state index in [-0.39, 0.29) is 18.5 Å². The van der Waals surface area contributed by atoms with Crippen LogP contribution < -0.4 is 5.32 Å². The Hall–Kier alpha value is -1.66. The van der Waals surface area contributed by atoms with Gasteiger partial charge in [0.25, 0.3) is 0 Å². The smallest absolute Gasteiger partial charge is 0.305 e. The van der Waals surface area contributed by atoms with Gasteiger partial charge in [-0.2, -0.15) is 0 Å². The lowest BCUT2D eigenvalue weighted by Crippen LogP contribution is -2.45. The summed E-state index contributed by atoms with van der Waals surface area (Å²) in [6.45, 7) is 4.89. The molecular weight excluding hydrogens is 719 g/mol. The van der Waals surface area contributed by atoms with Gasteiger partial charge in [-0.25, -0.2) is 0 Å². The first kappa shape index (κ1) is 56.3. The first-order chi connectivity index (χ1) is 28.5. The van der Waals surface area contributed by atoms with E-state index >= 15 is 0 Å². The Morgan fingerprint density at radius 1 is 0.466 bits per heavy atom. The zero-order valence-electron chi connectivity index (χ0n) is 38.8. The van der Waals surface area contributed by atoms with Gasteiger partial charge in [-0.15, -0.1) is 0 Å². The number of hydrogen-bond acceptors (Lipinski definition) is 5. The SMILES string of the molecule is CCCCC/C=C\CCCCCCCC(=O)OCCCCCCCC/C=C\CCCCCCCCCC(=O)NC(CO)C(O)CCCCCCCCCCCCCC. The molecule has 0 radical (unpaired) electrons. The van der Waals surface area contributed by atoms with Crippen molar-refractivity contribution in [2.45, 2.75) is 283 Å². The van der Waals surface area contributed by atoms with Crippen LogP contribution in [0.3, 0.4) is 0 Å². The Morgan fingerprint density at radius 3 is 1.26 bits per heavy atom. The number of unbranched alkanes of at least 4 members (excludes halogenated alkanes) is 32. The van der Waals surface area contributed by atoms with Gasteiger partial charge in [0.05, 0.1) is 25.4 Å². The van der Waals surface area contributed by atoms with Crippen LogP contribution in [0, 0.1) is 0 Å². The number of carbonyl (C=O) groups excluding carboxylic acids is 2. The van der Waals surface area contributed by atoms with Crippen LogP contribution in [-0.4, -0.2) is 47.4 Å². The van der Waals surface area contributed by atoms with Crippen LogP contribution in [0.4, 0.5) is 0 Å². The number of ether oxygens (including phenoxy) is 1. The van der Waals surface area contributed by atoms with Crippen molar-refractivity contribution in [1.29, 1.82) is 0 Å². The van der Waals surface area contributed by atoms with Crippen molar-refractivity contribution < 1.29 is 24.5 Å². The van der Waals surface area contributed by atoms with Crippen molar-refractivity contribution in [2.24, 2.45) is 0 Å². The Kier molecular flexibility index (Phi) is 46.6. The summed E-state index contributed by atoms with van der Waals surface area (Å²) in [6.07, 6.45) is 55.7. The van der Waals surface area contributed by atoms with E-state index in [1.165, 1.54) is 180 Å². The molecule has 0 rings (SSSR count). The van der Waals surface area contributed by atoms with Gasteiger partial charge in [-0.3, -0.25) is 9.59 Å². The third kappa shape index (κ3) is 43.9. The zero-order chi connectivity index (χ0) is 42.3. The van der Waals surface area contributed by atoms with Crippen LogP contribution in [0.5, 0.6) is 0 Å². The summed E-state index contributed by atoms with van der Waals surface area (Å²) in [7, 11) is 0. The molecule has 0 aromatic rings. The number of allylic oxidation sites excluding steroid dienone is 4. The van der Waals surface area contributed by atoms with Gasteiger partial charge in [0.15, 0.2) is 0 Å². The molecule has 0 saturated carbocycles. The molecule has 1 amide bonds. The minimum absolute atomic E-state index is 0.0123. The number of esters is 1. The van der Waals surface area contributed by atoms with Gasteiger partial charge in [0, 0.05) is 12.8 Å². The fourth-order valence-electron chi connectivity index (χ4n) is 7.74. The van der Waals surface area contributed by atoms with Crippen LogP contribution in [0.1, 0.15) is 271 Å². The molecular formula is C52H99NO5. The Balaban J connectivity index is 3.46. The highest BCUT2D eigenvalue weighted by atomic mass is 16.5. The van der Waals surface area contributed by atoms with E-state index in [0.717, 1.165) is 57.8 Å². The summed E-state index contributed by atoms with van der Waals surface area (Å²) in [5.41, 5.74) is 0. The second kappa shape index (κ2) is 48.0. The quantitative estimate of drug-likeness (QED) is 0.0323. The average molecular weight is 818 g/mol. The van der Waals surface area contributed by atoms with E-state index in [1.807, 2.05) is 0 Å². The molecule has 6 heteroatoms. The van der Waals surface area contributed by atoms with E-state index in [2.05, 4.69) is 43.5 Å². The molecule has 0 aliphatic carbocycles. The summed E-state index contributed by atoms with van der Waals surface area (Å²) < 4.78 is 5.44. The van der Waals surface area contributed by atoms with E-state index in [0.29, 0.717) is 25.9 Å². The topological polar surface area (TPSA) is 95.9 Å². The standard InChI is InChI=1S/C52H99NO5/c1-3-5-7-9-11-13-15-24-28-32-36-40-44-50(55)49(48-54)53-51(56)45-41-37-33-29-25-22-20-18-17-19-21-23-27-31-35-39-43-47-58-52(57)46-42-38-34-30-26-16-14-12-10-8-6-4-2/h12,14,17,19,49-50,54-55H,3-11,13,15-16,18,20-48H2,1-2H3,(H,53,56)/b14-12-,19-17-. The number of aliphatic hydroxyl groups is 2. The van der Waals surface area contributed by atoms with Crippen LogP contribution in [0.2, 0.25) is 0 Å². The van der Waals surface area contributed by atoms with Gasteiger partial charge in [0.2, 0.25) is 5.91 Å². The molecule has 0 heterocycles. The van der Waals surface area contributed by atoms with Gasteiger partial charge < -0.3 is 20.3 Å². The third-order valence-electron chi connectivity index (χ3n) is 11.7. The highest BCUT2D eigenvalue weighted by molar-refractivity contribution is 5.76. The fourth-order valence-corrected chi connectivity index (χ4v) is 7.74. The van der Waals surface area contributed by atoms with Crippen LogP contribution in [0.25, 0.3) is 0 Å². The fraction of sp³-hybridized carbons (Fsp3) is 0.885. The maximum atomic E-state index is 12.4. The molecule has 342 valence electrons. The number of nitrogens with one attached hydrogen (secondary N) is 1. The van der Waals surface area contributed by atoms with Gasteiger partial charge in [-0.05, 0) is 77.0 Å². The highest BCUT2D eigenvalue weighted by Gasteiger charge is 2.20. The average Bonchev–Trinajstić information content (AvgIpc) is 3.22. The van der Waals surface area contributed by atoms with Crippen molar-refractivity contribution in [1.82, 2.24) is 5.32 Å². The summed E-state index contributed by atoms with van der Waals surface area (Å²) in [6, 6.07) is -0.549. The maximum Gasteiger partial charge on any atom is 0.305 e. The molecule has 0 bridgehead atoms. The van der Waals surface area contributed by atoms with Gasteiger partial charge in [-0.1, -0.05) is 205 Å². The number of carbonyl (C=O) groups is 2. The number of rotatable bonds is 47. The molecule has 0 aliphatic heterocycles. The molecule has 0 aliphatic rings. The lowest BCUT2D eigenvalue weighted by atomic mass is 10.0. The molecule has 0 spiro atoms. The lowest BCUT2D eigenvalue weighted by Gasteiger charge is -2.22. The predicted molar refractivity (Wildman–Crippen MR) is 250 cm³/mol. The minimum atomic E-state index is -0.670. The van der Waals surface area contributed by atoms with Crippen molar-refractivity contribution in [3.05, 3.63) is 24.3 Å². The molecule has 2 atom stereocenters. The molecule has 0 aromatic heterocycles. The number of amides is 1. The van der Waals surface area contributed by atoms with Crippen molar-refractivity contribution >= 4 is 11.9 Å². The largest absolute Gasteiger partial charge is 0.466 e. The molecule has 0 saturated heterocycles. The first-order valence-electron chi connectivity index (χ1n) is 25.6. The second-order valence-corrected chi connectivity index (χ2v) is 17.5. The van der Waals surface area contributed by atoms with Crippen LogP contribution in [0.15, 0.2) is 24.3 Å².